The van der Waals surface area contributed by atoms with Crippen molar-refractivity contribution in [3.8, 4) is 0 Å². The van der Waals surface area contributed by atoms with Crippen molar-refractivity contribution in [2.75, 3.05) is 17.7 Å². The van der Waals surface area contributed by atoms with Crippen LogP contribution < -0.4 is 5.32 Å². The van der Waals surface area contributed by atoms with E-state index in [2.05, 4.69) is 15.3 Å². The van der Waals surface area contributed by atoms with Gasteiger partial charge in [0.25, 0.3) is 0 Å². The summed E-state index contributed by atoms with van der Waals surface area (Å²) < 4.78 is 13.4. The zero-order chi connectivity index (χ0) is 9.68. The van der Waals surface area contributed by atoms with Crippen molar-refractivity contribution in [2.24, 2.45) is 0 Å². The van der Waals surface area contributed by atoms with Crippen LogP contribution in [-0.2, 0) is 6.42 Å². The number of aryl methyl sites for hydroxylation is 1. The molecule has 0 saturated heterocycles. The lowest BCUT2D eigenvalue weighted by Gasteiger charge is -2.05. The molecule has 0 fully saturated rings. The summed E-state index contributed by atoms with van der Waals surface area (Å²) in [5, 5.41) is 2.78. The van der Waals surface area contributed by atoms with Crippen LogP contribution in [0.15, 0.2) is 6.33 Å². The minimum absolute atomic E-state index is 0.229. The number of anilines is 1. The van der Waals surface area contributed by atoms with Crippen molar-refractivity contribution < 1.29 is 4.39 Å². The molecular formula is C8H11ClFN3. The Morgan fingerprint density at radius 1 is 1.54 bits per heavy atom. The van der Waals surface area contributed by atoms with Crippen LogP contribution in [0.5, 0.6) is 0 Å². The van der Waals surface area contributed by atoms with Crippen LogP contribution >= 0.6 is 11.6 Å². The van der Waals surface area contributed by atoms with Gasteiger partial charge in [0.05, 0.1) is 5.69 Å². The number of halogens is 2. The minimum Gasteiger partial charge on any atom is -0.366 e. The van der Waals surface area contributed by atoms with Crippen molar-refractivity contribution in [3.05, 3.63) is 17.8 Å². The zero-order valence-electron chi connectivity index (χ0n) is 7.35. The monoisotopic (exact) mass is 203 g/mol. The minimum atomic E-state index is -0.380. The van der Waals surface area contributed by atoms with E-state index in [1.165, 1.54) is 6.33 Å². The van der Waals surface area contributed by atoms with Gasteiger partial charge in [0.1, 0.15) is 6.33 Å². The lowest BCUT2D eigenvalue weighted by Crippen LogP contribution is -2.08. The predicted octanol–water partition coefficient (Wildman–Crippen LogP) is 1.83. The topological polar surface area (TPSA) is 37.8 Å². The fourth-order valence-electron chi connectivity index (χ4n) is 0.942. The van der Waals surface area contributed by atoms with Gasteiger partial charge < -0.3 is 5.32 Å². The molecule has 0 aromatic carbocycles. The third-order valence-electron chi connectivity index (χ3n) is 1.58. The molecule has 1 aromatic rings. The van der Waals surface area contributed by atoms with Gasteiger partial charge in [-0.25, -0.2) is 14.4 Å². The van der Waals surface area contributed by atoms with E-state index < -0.39 is 0 Å². The van der Waals surface area contributed by atoms with Gasteiger partial charge >= 0.3 is 0 Å². The van der Waals surface area contributed by atoms with Gasteiger partial charge in [0.2, 0.25) is 0 Å². The zero-order valence-corrected chi connectivity index (χ0v) is 8.10. The number of nitrogens with one attached hydrogen (secondary N) is 1. The van der Waals surface area contributed by atoms with Crippen LogP contribution in [0.4, 0.5) is 10.2 Å². The highest BCUT2D eigenvalue weighted by molar-refractivity contribution is 6.18. The normalized spacial score (nSPS) is 10.1. The summed E-state index contributed by atoms with van der Waals surface area (Å²) in [6.45, 7) is 2.34. The molecule has 13 heavy (non-hydrogen) atoms. The molecule has 0 bridgehead atoms. The number of hydrogen-bond acceptors (Lipinski definition) is 3. The molecule has 1 aromatic heterocycles. The highest BCUT2D eigenvalue weighted by atomic mass is 35.5. The van der Waals surface area contributed by atoms with Crippen LogP contribution in [-0.4, -0.2) is 22.4 Å². The Hall–Kier alpha value is -0.900. The molecule has 0 unspecified atom stereocenters. The Balaban J connectivity index is 2.81. The van der Waals surface area contributed by atoms with E-state index in [0.717, 1.165) is 0 Å². The van der Waals surface area contributed by atoms with Gasteiger partial charge in [-0.1, -0.05) is 6.92 Å². The first-order chi connectivity index (χ1) is 6.29. The third-order valence-corrected chi connectivity index (χ3v) is 1.77. The fraction of sp³-hybridized carbons (Fsp3) is 0.500. The maximum absolute atomic E-state index is 13.4. The molecule has 1 rings (SSSR count). The van der Waals surface area contributed by atoms with Gasteiger partial charge in [-0.05, 0) is 6.42 Å². The first kappa shape index (κ1) is 10.2. The summed E-state index contributed by atoms with van der Waals surface area (Å²) in [4.78, 5) is 7.57. The molecule has 0 radical (unpaired) electrons. The molecule has 0 aliphatic heterocycles. The highest BCUT2D eigenvalue weighted by Crippen LogP contribution is 2.12. The standard InChI is InChI=1S/C8H11ClFN3/c1-2-6-7(10)8(11-4-3-9)13-5-12-6/h5H,2-4H2,1H3,(H,11,12,13). The van der Waals surface area contributed by atoms with Gasteiger partial charge in [-0.15, -0.1) is 11.6 Å². The van der Waals surface area contributed by atoms with Crippen molar-refractivity contribution in [1.82, 2.24) is 9.97 Å². The summed E-state index contributed by atoms with van der Waals surface area (Å²) in [5.41, 5.74) is 0.423. The summed E-state index contributed by atoms with van der Waals surface area (Å²) in [6, 6.07) is 0. The Kier molecular flexibility index (Phi) is 3.89. The van der Waals surface area contributed by atoms with Gasteiger partial charge in [-0.2, -0.15) is 0 Å². The van der Waals surface area contributed by atoms with Crippen molar-refractivity contribution in [2.45, 2.75) is 13.3 Å². The van der Waals surface area contributed by atoms with Crippen LogP contribution in [0.25, 0.3) is 0 Å². The van der Waals surface area contributed by atoms with Crippen LogP contribution in [0.1, 0.15) is 12.6 Å². The lowest BCUT2D eigenvalue weighted by molar-refractivity contribution is 0.597. The van der Waals surface area contributed by atoms with Crippen molar-refractivity contribution in [3.63, 3.8) is 0 Å². The Labute approximate surface area is 81.3 Å². The van der Waals surface area contributed by atoms with Crippen LogP contribution in [0.2, 0.25) is 0 Å². The fourth-order valence-corrected chi connectivity index (χ4v) is 1.04. The third kappa shape index (κ3) is 2.52. The van der Waals surface area contributed by atoms with Gasteiger partial charge in [0.15, 0.2) is 11.6 Å². The number of rotatable bonds is 4. The number of alkyl halides is 1. The van der Waals surface area contributed by atoms with Crippen LogP contribution in [0.3, 0.4) is 0 Å². The molecule has 72 valence electrons. The SMILES string of the molecule is CCc1ncnc(NCCCl)c1F. The first-order valence-corrected chi connectivity index (χ1v) is 4.62. The molecule has 3 nitrogen and oxygen atoms in total. The second kappa shape index (κ2) is 4.97. The van der Waals surface area contributed by atoms with E-state index in [0.29, 0.717) is 24.5 Å². The maximum Gasteiger partial charge on any atom is 0.186 e. The number of nitrogens with zero attached hydrogens (tertiary/aromatic N) is 2. The smallest absolute Gasteiger partial charge is 0.186 e. The van der Waals surface area contributed by atoms with Gasteiger partial charge in [-0.3, -0.25) is 0 Å². The van der Waals surface area contributed by atoms with E-state index in [1.807, 2.05) is 6.92 Å². The molecule has 0 aliphatic rings. The average molecular weight is 204 g/mol. The Morgan fingerprint density at radius 3 is 2.92 bits per heavy atom. The molecular weight excluding hydrogens is 193 g/mol. The van der Waals surface area contributed by atoms with Gasteiger partial charge in [0, 0.05) is 12.4 Å². The number of aromatic nitrogens is 2. The highest BCUT2D eigenvalue weighted by Gasteiger charge is 2.07. The van der Waals surface area contributed by atoms with E-state index in [-0.39, 0.29) is 11.6 Å². The maximum atomic E-state index is 13.4. The van der Waals surface area contributed by atoms with Crippen molar-refractivity contribution >= 4 is 17.4 Å². The lowest BCUT2D eigenvalue weighted by atomic mass is 10.3. The molecule has 0 spiro atoms. The summed E-state index contributed by atoms with van der Waals surface area (Å²) in [7, 11) is 0. The molecule has 1 heterocycles. The summed E-state index contributed by atoms with van der Waals surface area (Å²) >= 11 is 5.45. The predicted molar refractivity (Wildman–Crippen MR) is 50.6 cm³/mol. The summed E-state index contributed by atoms with van der Waals surface area (Å²) in [6.07, 6.45) is 1.91. The molecule has 0 saturated carbocycles. The number of hydrogen-bond donors (Lipinski definition) is 1. The van der Waals surface area contributed by atoms with E-state index in [9.17, 15) is 4.39 Å². The van der Waals surface area contributed by atoms with Crippen LogP contribution in [0, 0.1) is 5.82 Å². The largest absolute Gasteiger partial charge is 0.366 e. The summed E-state index contributed by atoms with van der Waals surface area (Å²) in [5.74, 6) is 0.271. The Bertz CT molecular complexity index is 280. The molecule has 0 amide bonds. The van der Waals surface area contributed by atoms with E-state index in [1.54, 1.807) is 0 Å². The molecule has 5 heteroatoms. The van der Waals surface area contributed by atoms with Crippen molar-refractivity contribution in [1.29, 1.82) is 0 Å². The van der Waals surface area contributed by atoms with E-state index in [4.69, 9.17) is 11.6 Å². The molecule has 1 N–H and O–H groups in total. The second-order valence-corrected chi connectivity index (χ2v) is 2.83. The van der Waals surface area contributed by atoms with E-state index >= 15 is 0 Å². The first-order valence-electron chi connectivity index (χ1n) is 4.08. The second-order valence-electron chi connectivity index (χ2n) is 2.45. The quantitative estimate of drug-likeness (QED) is 0.759. The average Bonchev–Trinajstić information content (AvgIpc) is 2.16. The molecule has 0 aliphatic carbocycles. The molecule has 0 atom stereocenters. The Morgan fingerprint density at radius 2 is 2.31 bits per heavy atom.